The van der Waals surface area contributed by atoms with Crippen molar-refractivity contribution in [2.45, 2.75) is 52.2 Å². The summed E-state index contributed by atoms with van der Waals surface area (Å²) in [5.41, 5.74) is 1.13. The number of hydrogen-bond donors (Lipinski definition) is 1. The molecule has 34 heavy (non-hydrogen) atoms. The summed E-state index contributed by atoms with van der Waals surface area (Å²) in [4.78, 5) is 30.2. The highest BCUT2D eigenvalue weighted by molar-refractivity contribution is 5.98. The topological polar surface area (TPSA) is 80.3 Å². The van der Waals surface area contributed by atoms with Gasteiger partial charge < -0.3 is 24.4 Å². The van der Waals surface area contributed by atoms with Crippen molar-refractivity contribution >= 4 is 17.5 Å². The van der Waals surface area contributed by atoms with Crippen molar-refractivity contribution in [2.75, 3.05) is 58.9 Å². The van der Waals surface area contributed by atoms with Gasteiger partial charge in [-0.25, -0.2) is 0 Å². The zero-order chi connectivity index (χ0) is 24.7. The molecule has 2 amide bonds. The van der Waals surface area contributed by atoms with Gasteiger partial charge in [-0.2, -0.15) is 0 Å². The van der Waals surface area contributed by atoms with E-state index in [1.165, 1.54) is 0 Å². The molecule has 190 valence electrons. The predicted molar refractivity (Wildman–Crippen MR) is 132 cm³/mol. The number of hydrogen-bond acceptors (Lipinski definition) is 6. The number of nitrogens with zero attached hydrogens (tertiary/aromatic N) is 2. The lowest BCUT2D eigenvalue weighted by Crippen LogP contribution is -2.46. The van der Waals surface area contributed by atoms with Crippen LogP contribution in [-0.4, -0.2) is 87.4 Å². The van der Waals surface area contributed by atoms with E-state index in [9.17, 15) is 9.59 Å². The van der Waals surface area contributed by atoms with Crippen LogP contribution in [0.2, 0.25) is 0 Å². The number of rotatable bonds is 5. The number of carbonyl (C=O) groups excluding carboxylic acids is 2. The average molecular weight is 476 g/mol. The summed E-state index contributed by atoms with van der Waals surface area (Å²) in [6.07, 6.45) is 2.43. The van der Waals surface area contributed by atoms with Crippen molar-refractivity contribution in [3.05, 3.63) is 23.8 Å². The Labute approximate surface area is 203 Å². The Bertz CT molecular complexity index is 827. The predicted octanol–water partition coefficient (Wildman–Crippen LogP) is 3.27. The number of likely N-dealkylation sites (N-methyl/N-ethyl adjacent to an activating group) is 1. The summed E-state index contributed by atoms with van der Waals surface area (Å²) in [5.74, 6) is 0.562. The third-order valence-electron chi connectivity index (χ3n) is 6.95. The summed E-state index contributed by atoms with van der Waals surface area (Å²) in [6, 6.07) is 5.47. The van der Waals surface area contributed by atoms with Gasteiger partial charge in [0, 0.05) is 64.2 Å². The summed E-state index contributed by atoms with van der Waals surface area (Å²) < 4.78 is 17.4. The first-order valence-corrected chi connectivity index (χ1v) is 12.5. The Hall–Kier alpha value is -2.16. The van der Waals surface area contributed by atoms with Crippen molar-refractivity contribution in [3.63, 3.8) is 0 Å². The molecule has 1 N–H and O–H groups in total. The van der Waals surface area contributed by atoms with Gasteiger partial charge in [-0.15, -0.1) is 0 Å². The van der Waals surface area contributed by atoms with Crippen molar-refractivity contribution in [1.82, 2.24) is 9.80 Å². The minimum atomic E-state index is -0.120. The number of ether oxygens (including phenoxy) is 3. The molecule has 0 spiro atoms. The molecule has 0 unspecified atom stereocenters. The lowest BCUT2D eigenvalue weighted by Gasteiger charge is -2.35. The highest BCUT2D eigenvalue weighted by Gasteiger charge is 2.28. The van der Waals surface area contributed by atoms with Crippen LogP contribution in [0.1, 0.15) is 50.4 Å². The lowest BCUT2D eigenvalue weighted by molar-refractivity contribution is -0.122. The molecule has 0 aliphatic carbocycles. The number of amides is 2. The maximum atomic E-state index is 13.3. The second kappa shape index (κ2) is 12.5. The molecule has 3 atom stereocenters. The van der Waals surface area contributed by atoms with Gasteiger partial charge in [0.1, 0.15) is 12.4 Å². The Morgan fingerprint density at radius 1 is 1.21 bits per heavy atom. The summed E-state index contributed by atoms with van der Waals surface area (Å²) >= 11 is 0. The molecule has 2 aliphatic rings. The third-order valence-corrected chi connectivity index (χ3v) is 6.95. The Balaban J connectivity index is 1.86. The standard InChI is InChI=1S/C26H41N3O5/c1-6-11-29-15-18(2)24(32-5)16-28(4)26(31)22-8-7-21(14-23(22)34-17-19(29)3)27-25(30)20-9-12-33-13-10-20/h7-8,14,18-20,24H,6,9-13,15-17H2,1-5H3,(H,27,30)/t18-,19+,24+/m0/s1. The highest BCUT2D eigenvalue weighted by atomic mass is 16.5. The van der Waals surface area contributed by atoms with E-state index in [4.69, 9.17) is 14.2 Å². The molecule has 1 fully saturated rings. The normalized spacial score (nSPS) is 25.6. The number of anilines is 1. The second-order valence-electron chi connectivity index (χ2n) is 9.68. The Morgan fingerprint density at radius 3 is 2.62 bits per heavy atom. The molecule has 0 bridgehead atoms. The summed E-state index contributed by atoms with van der Waals surface area (Å²) in [6.45, 7) is 10.5. The number of carbonyl (C=O) groups is 2. The van der Waals surface area contributed by atoms with E-state index in [1.807, 2.05) is 0 Å². The SMILES string of the molecule is CCCN1C[C@H](C)[C@H](OC)CN(C)C(=O)c2ccc(NC(=O)C3CCOCC3)cc2OC[C@H]1C. The third kappa shape index (κ3) is 6.71. The second-order valence-corrected chi connectivity index (χ2v) is 9.68. The Kier molecular flexibility index (Phi) is 9.74. The fourth-order valence-corrected chi connectivity index (χ4v) is 4.73. The largest absolute Gasteiger partial charge is 0.491 e. The van der Waals surface area contributed by atoms with Gasteiger partial charge in [-0.05, 0) is 50.8 Å². The molecule has 1 aromatic rings. The molecule has 2 heterocycles. The zero-order valence-corrected chi connectivity index (χ0v) is 21.3. The molecule has 1 aromatic carbocycles. The quantitative estimate of drug-likeness (QED) is 0.704. The summed E-state index contributed by atoms with van der Waals surface area (Å²) in [5, 5.41) is 3.01. The molecule has 0 aromatic heterocycles. The van der Waals surface area contributed by atoms with E-state index < -0.39 is 0 Å². The van der Waals surface area contributed by atoms with E-state index in [2.05, 4.69) is 31.0 Å². The van der Waals surface area contributed by atoms with Gasteiger partial charge in [-0.3, -0.25) is 14.5 Å². The molecular weight excluding hydrogens is 434 g/mol. The minimum absolute atomic E-state index is 0.0146. The molecule has 8 heteroatoms. The van der Waals surface area contributed by atoms with Crippen LogP contribution in [-0.2, 0) is 14.3 Å². The molecule has 0 radical (unpaired) electrons. The van der Waals surface area contributed by atoms with Gasteiger partial charge in [0.2, 0.25) is 5.91 Å². The van der Waals surface area contributed by atoms with Crippen LogP contribution in [0.3, 0.4) is 0 Å². The van der Waals surface area contributed by atoms with Gasteiger partial charge >= 0.3 is 0 Å². The highest BCUT2D eigenvalue weighted by Crippen LogP contribution is 2.28. The van der Waals surface area contributed by atoms with Crippen molar-refractivity contribution in [1.29, 1.82) is 0 Å². The zero-order valence-electron chi connectivity index (χ0n) is 21.3. The smallest absolute Gasteiger partial charge is 0.257 e. The van der Waals surface area contributed by atoms with E-state index in [0.29, 0.717) is 43.4 Å². The van der Waals surface area contributed by atoms with Gasteiger partial charge in [-0.1, -0.05) is 13.8 Å². The van der Waals surface area contributed by atoms with Crippen LogP contribution in [0.5, 0.6) is 5.75 Å². The minimum Gasteiger partial charge on any atom is -0.491 e. The molecule has 2 aliphatic heterocycles. The maximum Gasteiger partial charge on any atom is 0.257 e. The van der Waals surface area contributed by atoms with Crippen LogP contribution in [0.4, 0.5) is 5.69 Å². The van der Waals surface area contributed by atoms with Crippen LogP contribution >= 0.6 is 0 Å². The Morgan fingerprint density at radius 2 is 1.94 bits per heavy atom. The molecule has 8 nitrogen and oxygen atoms in total. The summed E-state index contributed by atoms with van der Waals surface area (Å²) in [7, 11) is 3.51. The van der Waals surface area contributed by atoms with Crippen molar-refractivity contribution in [3.8, 4) is 5.75 Å². The van der Waals surface area contributed by atoms with Gasteiger partial charge in [0.05, 0.1) is 11.7 Å². The van der Waals surface area contributed by atoms with Gasteiger partial charge in [0.15, 0.2) is 0 Å². The van der Waals surface area contributed by atoms with Crippen LogP contribution in [0, 0.1) is 11.8 Å². The van der Waals surface area contributed by atoms with E-state index >= 15 is 0 Å². The molecule has 0 saturated carbocycles. The van der Waals surface area contributed by atoms with Crippen molar-refractivity contribution in [2.24, 2.45) is 11.8 Å². The van der Waals surface area contributed by atoms with Crippen molar-refractivity contribution < 1.29 is 23.8 Å². The van der Waals surface area contributed by atoms with E-state index in [0.717, 1.165) is 32.4 Å². The van der Waals surface area contributed by atoms with E-state index in [-0.39, 0.29) is 35.8 Å². The average Bonchev–Trinajstić information content (AvgIpc) is 2.84. The number of benzene rings is 1. The monoisotopic (exact) mass is 475 g/mol. The van der Waals surface area contributed by atoms with E-state index in [1.54, 1.807) is 37.3 Å². The molecule has 1 saturated heterocycles. The maximum absolute atomic E-state index is 13.3. The number of fused-ring (bicyclic) bond motifs is 1. The number of methoxy groups -OCH3 is 1. The first-order valence-electron chi connectivity index (χ1n) is 12.5. The fourth-order valence-electron chi connectivity index (χ4n) is 4.73. The van der Waals surface area contributed by atoms with Crippen LogP contribution in [0.15, 0.2) is 18.2 Å². The number of nitrogens with one attached hydrogen (secondary N) is 1. The first-order chi connectivity index (χ1) is 16.3. The van der Waals surface area contributed by atoms with Crippen LogP contribution in [0.25, 0.3) is 0 Å². The van der Waals surface area contributed by atoms with Gasteiger partial charge in [0.25, 0.3) is 5.91 Å². The lowest BCUT2D eigenvalue weighted by atomic mass is 9.99. The fraction of sp³-hybridized carbons (Fsp3) is 0.692. The molecule has 3 rings (SSSR count). The first kappa shape index (κ1) is 26.4. The van der Waals surface area contributed by atoms with Crippen LogP contribution < -0.4 is 10.1 Å². The molecular formula is C26H41N3O5.